The summed E-state index contributed by atoms with van der Waals surface area (Å²) in [6.45, 7) is 4.71. The first kappa shape index (κ1) is 13.0. The average molecular weight is 304 g/mol. The fourth-order valence-corrected chi connectivity index (χ4v) is 2.91. The standard InChI is InChI=1S/C12H19BrFN3/c1-2-7-17-12(10(13)8-16-17)11(14)9-3-5-15-6-4-9/h8-9,11,15H,2-7H2,1H3. The molecule has 1 aromatic rings. The molecule has 1 aliphatic rings. The van der Waals surface area contributed by atoms with Gasteiger partial charge in [0.1, 0.15) is 6.17 Å². The Hall–Kier alpha value is -0.420. The highest BCUT2D eigenvalue weighted by Gasteiger charge is 2.29. The summed E-state index contributed by atoms with van der Waals surface area (Å²) in [6, 6.07) is 0. The third-order valence-electron chi connectivity index (χ3n) is 3.33. The largest absolute Gasteiger partial charge is 0.317 e. The minimum absolute atomic E-state index is 0.125. The van der Waals surface area contributed by atoms with Crippen LogP contribution in [0.1, 0.15) is 38.1 Å². The number of nitrogens with zero attached hydrogens (tertiary/aromatic N) is 2. The molecule has 0 aliphatic carbocycles. The Labute approximate surface area is 110 Å². The van der Waals surface area contributed by atoms with Gasteiger partial charge in [-0.1, -0.05) is 6.92 Å². The van der Waals surface area contributed by atoms with Gasteiger partial charge in [-0.3, -0.25) is 4.68 Å². The van der Waals surface area contributed by atoms with Crippen LogP contribution in [0.2, 0.25) is 0 Å². The Morgan fingerprint density at radius 1 is 1.59 bits per heavy atom. The van der Waals surface area contributed by atoms with Crippen LogP contribution in [0.4, 0.5) is 4.39 Å². The van der Waals surface area contributed by atoms with Crippen LogP contribution in [-0.4, -0.2) is 22.9 Å². The third kappa shape index (κ3) is 2.88. The highest BCUT2D eigenvalue weighted by atomic mass is 79.9. The first-order valence-electron chi connectivity index (χ1n) is 6.30. The number of hydrogen-bond donors (Lipinski definition) is 1. The summed E-state index contributed by atoms with van der Waals surface area (Å²) < 4.78 is 17.2. The van der Waals surface area contributed by atoms with Crippen molar-refractivity contribution in [3.63, 3.8) is 0 Å². The van der Waals surface area contributed by atoms with Crippen molar-refractivity contribution in [3.05, 3.63) is 16.4 Å². The van der Waals surface area contributed by atoms with Crippen molar-refractivity contribution in [2.45, 2.75) is 38.9 Å². The van der Waals surface area contributed by atoms with E-state index >= 15 is 0 Å². The molecule has 1 fully saturated rings. The van der Waals surface area contributed by atoms with E-state index in [1.807, 2.05) is 0 Å². The molecule has 1 atom stereocenters. The van der Waals surface area contributed by atoms with Gasteiger partial charge in [0.15, 0.2) is 0 Å². The SMILES string of the molecule is CCCn1ncc(Br)c1C(F)C1CCNCC1. The van der Waals surface area contributed by atoms with Gasteiger partial charge in [-0.05, 0) is 54.2 Å². The lowest BCUT2D eigenvalue weighted by molar-refractivity contribution is 0.178. The monoisotopic (exact) mass is 303 g/mol. The first-order valence-corrected chi connectivity index (χ1v) is 7.09. The molecule has 17 heavy (non-hydrogen) atoms. The molecule has 0 saturated carbocycles. The number of halogens is 2. The van der Waals surface area contributed by atoms with Crippen LogP contribution in [0, 0.1) is 5.92 Å². The zero-order valence-corrected chi connectivity index (χ0v) is 11.7. The minimum Gasteiger partial charge on any atom is -0.317 e. The molecule has 0 aromatic carbocycles. The van der Waals surface area contributed by atoms with Crippen LogP contribution in [0.15, 0.2) is 10.7 Å². The van der Waals surface area contributed by atoms with Gasteiger partial charge < -0.3 is 5.32 Å². The molecule has 1 unspecified atom stereocenters. The van der Waals surface area contributed by atoms with Gasteiger partial charge in [-0.15, -0.1) is 0 Å². The van der Waals surface area contributed by atoms with Crippen LogP contribution in [-0.2, 0) is 6.54 Å². The summed E-state index contributed by atoms with van der Waals surface area (Å²) in [4.78, 5) is 0. The van der Waals surface area contributed by atoms with Crippen LogP contribution >= 0.6 is 15.9 Å². The van der Waals surface area contributed by atoms with Crippen molar-refractivity contribution in [2.75, 3.05) is 13.1 Å². The molecular weight excluding hydrogens is 285 g/mol. The van der Waals surface area contributed by atoms with Gasteiger partial charge >= 0.3 is 0 Å². The van der Waals surface area contributed by atoms with Crippen molar-refractivity contribution in [1.82, 2.24) is 15.1 Å². The van der Waals surface area contributed by atoms with E-state index in [0.717, 1.165) is 49.1 Å². The molecule has 3 nitrogen and oxygen atoms in total. The lowest BCUT2D eigenvalue weighted by Crippen LogP contribution is -2.30. The predicted octanol–water partition coefficient (Wildman–Crippen LogP) is 3.07. The topological polar surface area (TPSA) is 29.9 Å². The summed E-state index contributed by atoms with van der Waals surface area (Å²) in [5, 5.41) is 7.50. The van der Waals surface area contributed by atoms with Crippen LogP contribution in [0.5, 0.6) is 0 Å². The van der Waals surface area contributed by atoms with E-state index < -0.39 is 6.17 Å². The minimum atomic E-state index is -0.902. The van der Waals surface area contributed by atoms with Crippen LogP contribution in [0.25, 0.3) is 0 Å². The van der Waals surface area contributed by atoms with Crippen molar-refractivity contribution < 1.29 is 4.39 Å². The summed E-state index contributed by atoms with van der Waals surface area (Å²) in [6.07, 6.45) is 3.59. The smallest absolute Gasteiger partial charge is 0.146 e. The van der Waals surface area contributed by atoms with Crippen molar-refractivity contribution in [2.24, 2.45) is 5.92 Å². The maximum Gasteiger partial charge on any atom is 0.146 e. The molecule has 0 amide bonds. The van der Waals surface area contributed by atoms with Crippen LogP contribution < -0.4 is 5.32 Å². The van der Waals surface area contributed by atoms with E-state index in [1.54, 1.807) is 10.9 Å². The fourth-order valence-electron chi connectivity index (χ4n) is 2.40. The number of piperidine rings is 1. The van der Waals surface area contributed by atoms with E-state index in [-0.39, 0.29) is 5.92 Å². The van der Waals surface area contributed by atoms with Gasteiger partial charge in [0.05, 0.1) is 16.4 Å². The zero-order chi connectivity index (χ0) is 12.3. The van der Waals surface area contributed by atoms with E-state index in [0.29, 0.717) is 0 Å². The lowest BCUT2D eigenvalue weighted by atomic mass is 9.91. The molecule has 0 spiro atoms. The molecule has 5 heteroatoms. The molecule has 2 heterocycles. The maximum absolute atomic E-state index is 14.6. The summed E-state index contributed by atoms with van der Waals surface area (Å²) in [5.74, 6) is 0.125. The van der Waals surface area contributed by atoms with Crippen molar-refractivity contribution >= 4 is 15.9 Å². The van der Waals surface area contributed by atoms with Crippen molar-refractivity contribution in [3.8, 4) is 0 Å². The number of aryl methyl sites for hydroxylation is 1. The second kappa shape index (κ2) is 5.96. The molecule has 1 saturated heterocycles. The Morgan fingerprint density at radius 3 is 2.94 bits per heavy atom. The molecule has 1 aromatic heterocycles. The van der Waals surface area contributed by atoms with Gasteiger partial charge in [0.25, 0.3) is 0 Å². The Balaban J connectivity index is 2.16. The van der Waals surface area contributed by atoms with E-state index in [1.165, 1.54) is 0 Å². The molecule has 1 N–H and O–H groups in total. The van der Waals surface area contributed by atoms with E-state index in [2.05, 4.69) is 33.3 Å². The number of nitrogens with one attached hydrogen (secondary N) is 1. The molecule has 96 valence electrons. The van der Waals surface area contributed by atoms with Crippen molar-refractivity contribution in [1.29, 1.82) is 0 Å². The average Bonchev–Trinajstić information content (AvgIpc) is 2.71. The lowest BCUT2D eigenvalue weighted by Gasteiger charge is -2.26. The Morgan fingerprint density at radius 2 is 2.29 bits per heavy atom. The Kier molecular flexibility index (Phi) is 4.56. The predicted molar refractivity (Wildman–Crippen MR) is 69.7 cm³/mol. The number of rotatable bonds is 4. The van der Waals surface area contributed by atoms with E-state index in [4.69, 9.17) is 0 Å². The van der Waals surface area contributed by atoms with Gasteiger partial charge in [-0.2, -0.15) is 5.10 Å². The highest BCUT2D eigenvalue weighted by molar-refractivity contribution is 9.10. The number of alkyl halides is 1. The molecule has 2 rings (SSSR count). The normalized spacial score (nSPS) is 19.5. The van der Waals surface area contributed by atoms with E-state index in [9.17, 15) is 4.39 Å². The summed E-state index contributed by atoms with van der Waals surface area (Å²) in [7, 11) is 0. The highest BCUT2D eigenvalue weighted by Crippen LogP contribution is 2.36. The summed E-state index contributed by atoms with van der Waals surface area (Å²) in [5.41, 5.74) is 0.721. The molecule has 1 aliphatic heterocycles. The maximum atomic E-state index is 14.6. The third-order valence-corrected chi connectivity index (χ3v) is 3.94. The molecular formula is C12H19BrFN3. The number of aromatic nitrogens is 2. The Bertz CT molecular complexity index is 361. The van der Waals surface area contributed by atoms with Gasteiger partial charge in [-0.25, -0.2) is 4.39 Å². The summed E-state index contributed by atoms with van der Waals surface area (Å²) >= 11 is 3.42. The second-order valence-corrected chi connectivity index (χ2v) is 5.44. The van der Waals surface area contributed by atoms with Gasteiger partial charge in [0, 0.05) is 6.54 Å². The first-order chi connectivity index (χ1) is 8.24. The zero-order valence-electron chi connectivity index (χ0n) is 10.1. The fraction of sp³-hybridized carbons (Fsp3) is 0.750. The molecule has 0 bridgehead atoms. The quantitative estimate of drug-likeness (QED) is 0.926. The second-order valence-electron chi connectivity index (χ2n) is 4.59. The van der Waals surface area contributed by atoms with Crippen LogP contribution in [0.3, 0.4) is 0 Å². The number of hydrogen-bond acceptors (Lipinski definition) is 2. The van der Waals surface area contributed by atoms with Gasteiger partial charge in [0.2, 0.25) is 0 Å². The molecule has 0 radical (unpaired) electrons.